The summed E-state index contributed by atoms with van der Waals surface area (Å²) in [5.74, 6) is 3.11. The van der Waals surface area contributed by atoms with E-state index in [1.165, 1.54) is 48.0 Å². The van der Waals surface area contributed by atoms with Gasteiger partial charge in [-0.2, -0.15) is 9.50 Å². The van der Waals surface area contributed by atoms with Crippen LogP contribution in [0, 0.1) is 0 Å². The van der Waals surface area contributed by atoms with Gasteiger partial charge in [0, 0.05) is 0 Å². The first-order valence-electron chi connectivity index (χ1n) is 12.8. The molecule has 1 aliphatic rings. The zero-order valence-corrected chi connectivity index (χ0v) is 22.0. The normalized spacial score (nSPS) is 15.3. The van der Waals surface area contributed by atoms with E-state index in [1.54, 1.807) is 7.11 Å². The summed E-state index contributed by atoms with van der Waals surface area (Å²) < 4.78 is 25.1. The second-order valence-electron chi connectivity index (χ2n) is 8.97. The second-order valence-corrected chi connectivity index (χ2v) is 9.98. The van der Waals surface area contributed by atoms with Gasteiger partial charge in [-0.25, -0.2) is 0 Å². The molecule has 0 unspecified atom stereocenters. The third-order valence-electron chi connectivity index (χ3n) is 6.24. The number of benzene rings is 2. The number of fused-ring (bicyclic) bond motifs is 2. The Kier molecular flexibility index (Phi) is 7.89. The fraction of sp³-hybridized carbons (Fsp3) is 0.393. The van der Waals surface area contributed by atoms with E-state index in [4.69, 9.17) is 18.9 Å². The smallest absolute Gasteiger partial charge is 0.291 e. The van der Waals surface area contributed by atoms with E-state index < -0.39 is 6.10 Å². The number of hydrogen-bond acceptors (Lipinski definition) is 8. The molecule has 0 amide bonds. The van der Waals surface area contributed by atoms with Gasteiger partial charge in [0.25, 0.3) is 5.56 Å². The van der Waals surface area contributed by atoms with Crippen LogP contribution in [-0.2, 0) is 0 Å². The topological polar surface area (TPSA) is 84.2 Å². The van der Waals surface area contributed by atoms with Crippen molar-refractivity contribution in [3.05, 3.63) is 68.7 Å². The van der Waals surface area contributed by atoms with Crippen LogP contribution in [0.2, 0.25) is 0 Å². The maximum atomic E-state index is 13.0. The highest BCUT2D eigenvalue weighted by molar-refractivity contribution is 7.15. The first kappa shape index (κ1) is 25.1. The molecule has 0 bridgehead atoms. The number of rotatable bonds is 11. The Hall–Kier alpha value is -3.59. The molecular weight excluding hydrogens is 490 g/mol. The first-order valence-corrected chi connectivity index (χ1v) is 13.6. The molecule has 0 aliphatic carbocycles. The van der Waals surface area contributed by atoms with Crippen LogP contribution in [0.3, 0.4) is 0 Å². The number of hydrogen-bond donors (Lipinski definition) is 0. The molecule has 9 heteroatoms. The highest BCUT2D eigenvalue weighted by Gasteiger charge is 2.27. The molecule has 3 heterocycles. The molecule has 8 nitrogen and oxygen atoms in total. The molecule has 5 rings (SSSR count). The van der Waals surface area contributed by atoms with Crippen molar-refractivity contribution in [3.8, 4) is 23.0 Å². The van der Waals surface area contributed by atoms with Crippen LogP contribution in [-0.4, -0.2) is 34.9 Å². The van der Waals surface area contributed by atoms with Crippen molar-refractivity contribution >= 4 is 22.4 Å². The minimum absolute atomic E-state index is 0.224. The van der Waals surface area contributed by atoms with Crippen LogP contribution in [0.4, 0.5) is 0 Å². The molecule has 4 aromatic rings. The molecule has 37 heavy (non-hydrogen) atoms. The zero-order valence-electron chi connectivity index (χ0n) is 21.1. The van der Waals surface area contributed by atoms with Crippen molar-refractivity contribution in [2.75, 3.05) is 20.3 Å². The summed E-state index contributed by atoms with van der Waals surface area (Å²) in [6, 6.07) is 13.1. The van der Waals surface area contributed by atoms with Crippen molar-refractivity contribution in [1.29, 1.82) is 0 Å². The van der Waals surface area contributed by atoms with Crippen molar-refractivity contribution in [2.24, 2.45) is 0 Å². The minimum atomic E-state index is -0.470. The van der Waals surface area contributed by atoms with Gasteiger partial charge in [0.05, 0.1) is 18.2 Å². The first-order chi connectivity index (χ1) is 18.2. The minimum Gasteiger partial charge on any atom is -0.493 e. The summed E-state index contributed by atoms with van der Waals surface area (Å²) in [5, 5.41) is 4.42. The van der Waals surface area contributed by atoms with E-state index in [0.717, 1.165) is 12.0 Å². The van der Waals surface area contributed by atoms with Gasteiger partial charge < -0.3 is 18.9 Å². The van der Waals surface area contributed by atoms with Crippen molar-refractivity contribution in [2.45, 2.75) is 51.6 Å². The van der Waals surface area contributed by atoms with Gasteiger partial charge in [0.1, 0.15) is 6.61 Å². The van der Waals surface area contributed by atoms with Crippen LogP contribution in [0.15, 0.2) is 47.3 Å². The van der Waals surface area contributed by atoms with E-state index >= 15 is 0 Å². The number of unbranched alkanes of at least 4 members (excludes halogenated alkanes) is 5. The fourth-order valence-corrected chi connectivity index (χ4v) is 5.16. The van der Waals surface area contributed by atoms with Gasteiger partial charge in [-0.05, 0) is 42.3 Å². The van der Waals surface area contributed by atoms with Crippen molar-refractivity contribution < 1.29 is 18.9 Å². The molecule has 194 valence electrons. The summed E-state index contributed by atoms with van der Waals surface area (Å²) in [6.45, 7) is 3.17. The summed E-state index contributed by atoms with van der Waals surface area (Å²) in [7, 11) is 1.62. The lowest BCUT2D eigenvalue weighted by atomic mass is 10.1. The maximum Gasteiger partial charge on any atom is 0.291 e. The molecule has 0 N–H and O–H groups in total. The average molecular weight is 522 g/mol. The molecule has 0 spiro atoms. The maximum absolute atomic E-state index is 13.0. The number of para-hydroxylation sites is 2. The van der Waals surface area contributed by atoms with Gasteiger partial charge in [0.15, 0.2) is 34.9 Å². The molecule has 1 aliphatic heterocycles. The predicted molar refractivity (Wildman–Crippen MR) is 143 cm³/mol. The molecule has 0 fully saturated rings. The predicted octanol–water partition coefficient (Wildman–Crippen LogP) is 4.96. The molecule has 0 saturated carbocycles. The van der Waals surface area contributed by atoms with Gasteiger partial charge >= 0.3 is 0 Å². The van der Waals surface area contributed by atoms with Crippen LogP contribution < -0.4 is 29.0 Å². The van der Waals surface area contributed by atoms with E-state index in [2.05, 4.69) is 17.0 Å². The Bertz CT molecular complexity index is 1460. The quantitative estimate of drug-likeness (QED) is 0.258. The lowest BCUT2D eigenvalue weighted by molar-refractivity contribution is 0.0852. The van der Waals surface area contributed by atoms with Crippen LogP contribution in [0.25, 0.3) is 11.0 Å². The molecule has 2 aromatic heterocycles. The monoisotopic (exact) mass is 521 g/mol. The summed E-state index contributed by atoms with van der Waals surface area (Å²) in [6.07, 6.45) is 8.62. The Labute approximate surface area is 219 Å². The van der Waals surface area contributed by atoms with E-state index in [1.807, 2.05) is 48.5 Å². The average Bonchev–Trinajstić information content (AvgIpc) is 3.47. The Morgan fingerprint density at radius 2 is 1.89 bits per heavy atom. The lowest BCUT2D eigenvalue weighted by Gasteiger charge is -2.24. The highest BCUT2D eigenvalue weighted by atomic mass is 32.1. The molecular formula is C28H31N3O5S. The Morgan fingerprint density at radius 3 is 2.70 bits per heavy atom. The summed E-state index contributed by atoms with van der Waals surface area (Å²) in [4.78, 5) is 18.1. The molecule has 1 atom stereocenters. The second kappa shape index (κ2) is 11.6. The van der Waals surface area contributed by atoms with Gasteiger partial charge in [0.2, 0.25) is 4.96 Å². The Balaban J connectivity index is 1.28. The van der Waals surface area contributed by atoms with Gasteiger partial charge in [-0.15, -0.1) is 5.10 Å². The number of methoxy groups -OCH3 is 1. The third kappa shape index (κ3) is 5.72. The van der Waals surface area contributed by atoms with Crippen molar-refractivity contribution in [3.63, 3.8) is 0 Å². The van der Waals surface area contributed by atoms with E-state index in [9.17, 15) is 4.79 Å². The molecule has 0 radical (unpaired) electrons. The number of aromatic nitrogens is 3. The molecule has 2 aromatic carbocycles. The Morgan fingerprint density at radius 1 is 1.08 bits per heavy atom. The summed E-state index contributed by atoms with van der Waals surface area (Å²) >= 11 is 1.28. The van der Waals surface area contributed by atoms with Crippen LogP contribution in [0.5, 0.6) is 23.0 Å². The number of nitrogens with zero attached hydrogens (tertiary/aromatic N) is 3. The third-order valence-corrected chi connectivity index (χ3v) is 7.19. The van der Waals surface area contributed by atoms with Crippen molar-refractivity contribution in [1.82, 2.24) is 14.6 Å². The highest BCUT2D eigenvalue weighted by Crippen LogP contribution is 2.35. The van der Waals surface area contributed by atoms with Crippen LogP contribution >= 0.6 is 11.3 Å². The molecule has 0 saturated heterocycles. The van der Waals surface area contributed by atoms with Gasteiger partial charge in [-0.3, -0.25) is 4.79 Å². The SMILES string of the molecule is CCCCCCCCOc1ccc(/C=c2/sc3nc([C@@H]4COc5ccccc5O4)nn3c2=O)cc1OC. The zero-order chi connectivity index (χ0) is 25.6. The standard InChI is InChI=1S/C28H31N3O5S/c1-3-4-5-6-7-10-15-34-21-14-13-19(16-23(21)33-2)17-25-27(32)31-28(37-25)29-26(30-31)24-18-35-20-11-8-9-12-22(20)36-24/h8-9,11-14,16-17,24H,3-7,10,15,18H2,1-2H3/b25-17+/t24-/m0/s1. The van der Waals surface area contributed by atoms with E-state index in [0.29, 0.717) is 44.9 Å². The summed E-state index contributed by atoms with van der Waals surface area (Å²) in [5.41, 5.74) is 0.615. The fourth-order valence-electron chi connectivity index (χ4n) is 4.24. The number of thiazole rings is 1. The lowest BCUT2D eigenvalue weighted by Crippen LogP contribution is -2.26. The van der Waals surface area contributed by atoms with Gasteiger partial charge in [-0.1, -0.05) is 68.6 Å². The largest absolute Gasteiger partial charge is 0.493 e. The van der Waals surface area contributed by atoms with E-state index in [-0.39, 0.29) is 12.2 Å². The van der Waals surface area contributed by atoms with Crippen LogP contribution in [0.1, 0.15) is 62.9 Å². The number of ether oxygens (including phenoxy) is 4.